The molecule has 0 amide bonds. The van der Waals surface area contributed by atoms with Gasteiger partial charge in [0.2, 0.25) is 6.29 Å². The van der Waals surface area contributed by atoms with Crippen molar-refractivity contribution in [3.63, 3.8) is 0 Å². The third-order valence-electron chi connectivity index (χ3n) is 2.98. The molecular weight excluding hydrogens is 186 g/mol. The summed E-state index contributed by atoms with van der Waals surface area (Å²) in [4.78, 5) is 0. The van der Waals surface area contributed by atoms with Crippen molar-refractivity contribution in [1.29, 1.82) is 0 Å². The van der Waals surface area contributed by atoms with E-state index >= 15 is 0 Å². The summed E-state index contributed by atoms with van der Waals surface area (Å²) in [7, 11) is 5.94. The Morgan fingerprint density at radius 1 is 1.14 bits per heavy atom. The van der Waals surface area contributed by atoms with Gasteiger partial charge >= 0.3 is 0 Å². The number of aliphatic hydroxyl groups excluding tert-OH is 2. The Kier molecular flexibility index (Phi) is 2.32. The van der Waals surface area contributed by atoms with E-state index < -0.39 is 12.4 Å². The average Bonchev–Trinajstić information content (AvgIpc) is 2.49. The predicted octanol–water partition coefficient (Wildman–Crippen LogP) is -1.46. The van der Waals surface area contributed by atoms with Crippen molar-refractivity contribution in [2.45, 2.75) is 30.6 Å². The zero-order valence-electron chi connectivity index (χ0n) is 8.75. The van der Waals surface area contributed by atoms with Crippen LogP contribution in [-0.2, 0) is 9.47 Å². The molecule has 0 saturated carbocycles. The van der Waals surface area contributed by atoms with Crippen LogP contribution in [0.25, 0.3) is 0 Å². The Bertz CT molecular complexity index is 227. The van der Waals surface area contributed by atoms with E-state index in [0.29, 0.717) is 11.1 Å². The van der Waals surface area contributed by atoms with Gasteiger partial charge in [-0.1, -0.05) is 0 Å². The van der Waals surface area contributed by atoms with E-state index in [1.165, 1.54) is 0 Å². The molecule has 0 aromatic heterocycles. The van der Waals surface area contributed by atoms with Crippen LogP contribution in [0.1, 0.15) is 0 Å². The standard InChI is InChI=1S/C9H18NO4/c1-10(2,3)6-8-7(14-9(6)12)5(11)4-13-8/h5-9,11-12H,4H2,1-3H3/q+1/t5-,6-,7?,8-,9?/m0/s1. The molecule has 2 unspecified atom stereocenters. The van der Waals surface area contributed by atoms with E-state index in [0.717, 1.165) is 0 Å². The normalized spacial score (nSPS) is 48.2. The largest absolute Gasteiger partial charge is 0.388 e. The molecule has 0 aliphatic carbocycles. The first-order chi connectivity index (χ1) is 6.41. The minimum Gasteiger partial charge on any atom is -0.388 e. The van der Waals surface area contributed by atoms with Gasteiger partial charge in [0, 0.05) is 0 Å². The minimum atomic E-state index is -0.847. The fourth-order valence-corrected chi connectivity index (χ4v) is 2.31. The zero-order chi connectivity index (χ0) is 10.5. The van der Waals surface area contributed by atoms with Crippen molar-refractivity contribution in [3.05, 3.63) is 0 Å². The molecule has 2 aliphatic heterocycles. The maximum atomic E-state index is 9.72. The van der Waals surface area contributed by atoms with E-state index in [1.807, 2.05) is 21.1 Å². The Morgan fingerprint density at radius 3 is 2.36 bits per heavy atom. The molecule has 14 heavy (non-hydrogen) atoms. The summed E-state index contributed by atoms with van der Waals surface area (Å²) in [6.45, 7) is 0.304. The fourth-order valence-electron chi connectivity index (χ4n) is 2.31. The maximum absolute atomic E-state index is 9.72. The highest BCUT2D eigenvalue weighted by Gasteiger charge is 2.57. The fraction of sp³-hybridized carbons (Fsp3) is 1.00. The van der Waals surface area contributed by atoms with Crippen molar-refractivity contribution in [1.82, 2.24) is 0 Å². The summed E-state index contributed by atoms with van der Waals surface area (Å²) in [6.07, 6.45) is -2.02. The smallest absolute Gasteiger partial charge is 0.211 e. The lowest BCUT2D eigenvalue weighted by atomic mass is 10.1. The predicted molar refractivity (Wildman–Crippen MR) is 48.4 cm³/mol. The van der Waals surface area contributed by atoms with Gasteiger partial charge in [0.1, 0.15) is 18.3 Å². The highest BCUT2D eigenvalue weighted by molar-refractivity contribution is 4.96. The molecule has 5 nitrogen and oxygen atoms in total. The highest BCUT2D eigenvalue weighted by atomic mass is 16.7. The monoisotopic (exact) mass is 204 g/mol. The maximum Gasteiger partial charge on any atom is 0.211 e. The molecule has 5 atom stereocenters. The molecule has 2 fully saturated rings. The molecule has 0 aromatic carbocycles. The average molecular weight is 204 g/mol. The number of nitrogens with zero attached hydrogens (tertiary/aromatic N) is 1. The zero-order valence-corrected chi connectivity index (χ0v) is 8.75. The number of ether oxygens (including phenoxy) is 2. The summed E-state index contributed by atoms with van der Waals surface area (Å²) in [5.41, 5.74) is 0. The van der Waals surface area contributed by atoms with Gasteiger partial charge in [0.15, 0.2) is 6.04 Å². The second-order valence-corrected chi connectivity index (χ2v) is 4.96. The second kappa shape index (κ2) is 3.15. The van der Waals surface area contributed by atoms with Crippen LogP contribution < -0.4 is 0 Å². The summed E-state index contributed by atoms with van der Waals surface area (Å²) in [5.74, 6) is 0. The summed E-state index contributed by atoms with van der Waals surface area (Å²) < 4.78 is 11.3. The van der Waals surface area contributed by atoms with Gasteiger partial charge in [-0.25, -0.2) is 0 Å². The number of hydrogen-bond donors (Lipinski definition) is 2. The molecule has 5 heteroatoms. The van der Waals surface area contributed by atoms with Crippen molar-refractivity contribution < 1.29 is 24.2 Å². The lowest BCUT2D eigenvalue weighted by Gasteiger charge is -2.34. The van der Waals surface area contributed by atoms with Gasteiger partial charge in [-0.05, 0) is 0 Å². The summed E-state index contributed by atoms with van der Waals surface area (Å²) >= 11 is 0. The van der Waals surface area contributed by atoms with E-state index in [4.69, 9.17) is 9.47 Å². The van der Waals surface area contributed by atoms with Crippen LogP contribution in [0.5, 0.6) is 0 Å². The Labute approximate surface area is 83.4 Å². The number of likely N-dealkylation sites (N-methyl/N-ethyl adjacent to an activating group) is 1. The molecule has 0 aromatic rings. The number of fused-ring (bicyclic) bond motifs is 1. The van der Waals surface area contributed by atoms with Gasteiger partial charge < -0.3 is 24.2 Å². The quantitative estimate of drug-likeness (QED) is 0.512. The Morgan fingerprint density at radius 2 is 1.79 bits per heavy atom. The number of hydrogen-bond acceptors (Lipinski definition) is 4. The van der Waals surface area contributed by atoms with Crippen LogP contribution in [0.4, 0.5) is 0 Å². The van der Waals surface area contributed by atoms with Gasteiger partial charge in [-0.3, -0.25) is 0 Å². The van der Waals surface area contributed by atoms with Crippen LogP contribution in [0.2, 0.25) is 0 Å². The Hall–Kier alpha value is -0.200. The van der Waals surface area contributed by atoms with E-state index in [2.05, 4.69) is 0 Å². The lowest BCUT2D eigenvalue weighted by Crippen LogP contribution is -2.55. The number of quaternary nitrogens is 1. The van der Waals surface area contributed by atoms with Gasteiger partial charge in [0.05, 0.1) is 27.7 Å². The van der Waals surface area contributed by atoms with Crippen molar-refractivity contribution in [2.24, 2.45) is 0 Å². The van der Waals surface area contributed by atoms with Crippen LogP contribution in [0.3, 0.4) is 0 Å². The lowest BCUT2D eigenvalue weighted by molar-refractivity contribution is -0.903. The first-order valence-electron chi connectivity index (χ1n) is 4.85. The van der Waals surface area contributed by atoms with E-state index in [9.17, 15) is 10.2 Å². The van der Waals surface area contributed by atoms with E-state index in [1.54, 1.807) is 0 Å². The molecule has 2 saturated heterocycles. The second-order valence-electron chi connectivity index (χ2n) is 4.96. The minimum absolute atomic E-state index is 0.128. The summed E-state index contributed by atoms with van der Waals surface area (Å²) in [5, 5.41) is 19.3. The number of rotatable bonds is 1. The van der Waals surface area contributed by atoms with Crippen LogP contribution in [0.15, 0.2) is 0 Å². The third kappa shape index (κ3) is 1.45. The van der Waals surface area contributed by atoms with Crippen molar-refractivity contribution in [2.75, 3.05) is 27.7 Å². The highest BCUT2D eigenvalue weighted by Crippen LogP contribution is 2.34. The Balaban J connectivity index is 2.19. The van der Waals surface area contributed by atoms with E-state index in [-0.39, 0.29) is 18.2 Å². The van der Waals surface area contributed by atoms with Crippen molar-refractivity contribution >= 4 is 0 Å². The SMILES string of the molecule is C[N+](C)(C)[C@@H]1C(O)OC2[C@H]1OC[C@@H]2O. The molecule has 2 heterocycles. The van der Waals surface area contributed by atoms with Gasteiger partial charge in [0.25, 0.3) is 0 Å². The van der Waals surface area contributed by atoms with Crippen molar-refractivity contribution in [3.8, 4) is 0 Å². The first kappa shape index (κ1) is 10.3. The molecular formula is C9H18NO4+. The number of aliphatic hydroxyl groups is 2. The topological polar surface area (TPSA) is 58.9 Å². The third-order valence-corrected chi connectivity index (χ3v) is 2.98. The molecule has 0 spiro atoms. The molecule has 2 rings (SSSR count). The first-order valence-corrected chi connectivity index (χ1v) is 4.85. The van der Waals surface area contributed by atoms with Crippen LogP contribution in [0, 0.1) is 0 Å². The van der Waals surface area contributed by atoms with Gasteiger partial charge in [-0.2, -0.15) is 0 Å². The van der Waals surface area contributed by atoms with Crippen LogP contribution in [-0.4, -0.2) is 73.1 Å². The molecule has 2 N–H and O–H groups in total. The molecule has 82 valence electrons. The molecule has 0 radical (unpaired) electrons. The van der Waals surface area contributed by atoms with Gasteiger partial charge in [-0.15, -0.1) is 0 Å². The molecule has 0 bridgehead atoms. The molecule has 2 aliphatic rings. The van der Waals surface area contributed by atoms with Crippen LogP contribution >= 0.6 is 0 Å². The summed E-state index contributed by atoms with van der Waals surface area (Å²) in [6, 6.07) is -0.128.